The van der Waals surface area contributed by atoms with Crippen LogP contribution in [0.4, 0.5) is 0 Å². The summed E-state index contributed by atoms with van der Waals surface area (Å²) in [7, 11) is 0. The smallest absolute Gasteiger partial charge is 0.255 e. The lowest BCUT2D eigenvalue weighted by atomic mass is 9.68. The third-order valence-electron chi connectivity index (χ3n) is 6.34. The summed E-state index contributed by atoms with van der Waals surface area (Å²) < 4.78 is 5.43. The number of nitrogens with zero attached hydrogens (tertiary/aromatic N) is 2. The van der Waals surface area contributed by atoms with Gasteiger partial charge in [-0.05, 0) is 24.8 Å². The van der Waals surface area contributed by atoms with Gasteiger partial charge in [-0.25, -0.2) is 4.98 Å². The van der Waals surface area contributed by atoms with E-state index in [0.717, 1.165) is 68.2 Å². The van der Waals surface area contributed by atoms with Crippen molar-refractivity contribution in [1.29, 1.82) is 0 Å². The molecule has 5 rings (SSSR count). The molecule has 1 saturated carbocycles. The minimum atomic E-state index is -0.0121. The number of rotatable bonds is 2. The Balaban J connectivity index is 1.62. The average Bonchev–Trinajstić information content (AvgIpc) is 3.11. The molecule has 3 aliphatic rings. The van der Waals surface area contributed by atoms with Crippen LogP contribution in [0.5, 0.6) is 0 Å². The van der Waals surface area contributed by atoms with E-state index in [0.29, 0.717) is 6.54 Å². The lowest BCUT2D eigenvalue weighted by Gasteiger charge is -2.36. The zero-order valence-electron chi connectivity index (χ0n) is 15.1. The van der Waals surface area contributed by atoms with Gasteiger partial charge in [0.25, 0.3) is 5.56 Å². The van der Waals surface area contributed by atoms with Crippen molar-refractivity contribution in [2.24, 2.45) is 0 Å². The molecule has 2 aromatic rings. The minimum absolute atomic E-state index is 0.0121. The number of hydrogen-bond acceptors (Lipinski definition) is 4. The summed E-state index contributed by atoms with van der Waals surface area (Å²) in [5, 5.41) is 0. The van der Waals surface area contributed by atoms with Gasteiger partial charge in [0, 0.05) is 24.1 Å². The van der Waals surface area contributed by atoms with Gasteiger partial charge in [0.2, 0.25) is 0 Å². The van der Waals surface area contributed by atoms with Crippen molar-refractivity contribution in [3.63, 3.8) is 0 Å². The van der Waals surface area contributed by atoms with Crippen LogP contribution in [0.25, 0.3) is 11.3 Å². The highest BCUT2D eigenvalue weighted by Gasteiger charge is 2.43. The van der Waals surface area contributed by atoms with Crippen molar-refractivity contribution in [2.45, 2.75) is 44.1 Å². The van der Waals surface area contributed by atoms with Gasteiger partial charge in [0.15, 0.2) is 0 Å². The largest absolute Gasteiger partial charge is 0.379 e. The van der Waals surface area contributed by atoms with E-state index in [9.17, 15) is 4.79 Å². The predicted octanol–water partition coefficient (Wildman–Crippen LogP) is 2.64. The van der Waals surface area contributed by atoms with Crippen LogP contribution in [-0.2, 0) is 23.1 Å². The second kappa shape index (κ2) is 6.32. The van der Waals surface area contributed by atoms with Crippen LogP contribution in [-0.4, -0.2) is 41.2 Å². The maximum atomic E-state index is 13.2. The van der Waals surface area contributed by atoms with Crippen LogP contribution in [0.1, 0.15) is 42.6 Å². The van der Waals surface area contributed by atoms with Gasteiger partial charge in [-0.2, -0.15) is 0 Å². The molecule has 26 heavy (non-hydrogen) atoms. The summed E-state index contributed by atoms with van der Waals surface area (Å²) in [6.07, 6.45) is 5.58. The van der Waals surface area contributed by atoms with Gasteiger partial charge in [-0.15, -0.1) is 0 Å². The normalized spacial score (nSPS) is 21.5. The van der Waals surface area contributed by atoms with E-state index in [1.165, 1.54) is 18.4 Å². The molecule has 1 aromatic carbocycles. The molecule has 2 heterocycles. The van der Waals surface area contributed by atoms with E-state index in [-0.39, 0.29) is 11.0 Å². The standard InChI is InChI=1S/C21H25N3O2/c25-20-18-19(22-17(23-20)14-24-9-11-26-12-10-24)16-6-2-1-5-15(16)13-21(18)7-3-4-8-21/h1-2,5-6H,3-4,7-14H2,(H,22,23,25). The first-order valence-electron chi connectivity index (χ1n) is 9.77. The highest BCUT2D eigenvalue weighted by molar-refractivity contribution is 5.71. The molecule has 0 unspecified atom stereocenters. The molecule has 0 atom stereocenters. The van der Waals surface area contributed by atoms with Gasteiger partial charge in [0.05, 0.1) is 31.0 Å². The highest BCUT2D eigenvalue weighted by atomic mass is 16.5. The minimum Gasteiger partial charge on any atom is -0.379 e. The first-order valence-corrected chi connectivity index (χ1v) is 9.77. The van der Waals surface area contributed by atoms with E-state index in [1.807, 2.05) is 0 Å². The lowest BCUT2D eigenvalue weighted by molar-refractivity contribution is 0.0330. The number of ether oxygens (including phenoxy) is 1. The Kier molecular flexibility index (Phi) is 3.94. The van der Waals surface area contributed by atoms with Crippen LogP contribution in [0.15, 0.2) is 29.1 Å². The molecule has 136 valence electrons. The van der Waals surface area contributed by atoms with Crippen LogP contribution < -0.4 is 5.56 Å². The maximum Gasteiger partial charge on any atom is 0.255 e. The second-order valence-corrected chi connectivity index (χ2v) is 7.95. The van der Waals surface area contributed by atoms with Crippen LogP contribution in [0.3, 0.4) is 0 Å². The fraction of sp³-hybridized carbons (Fsp3) is 0.524. The number of fused-ring (bicyclic) bond motifs is 4. The topological polar surface area (TPSA) is 58.2 Å². The van der Waals surface area contributed by atoms with E-state index in [4.69, 9.17) is 9.72 Å². The predicted molar refractivity (Wildman–Crippen MR) is 100 cm³/mol. The Hall–Kier alpha value is -1.98. The number of H-pyrrole nitrogens is 1. The van der Waals surface area contributed by atoms with E-state index < -0.39 is 0 Å². The van der Waals surface area contributed by atoms with Crippen LogP contribution in [0.2, 0.25) is 0 Å². The third kappa shape index (κ3) is 2.61. The Labute approximate surface area is 153 Å². The van der Waals surface area contributed by atoms with Crippen LogP contribution >= 0.6 is 0 Å². The van der Waals surface area contributed by atoms with Crippen LogP contribution in [0, 0.1) is 0 Å². The molecule has 2 fully saturated rings. The molecular weight excluding hydrogens is 326 g/mol. The summed E-state index contributed by atoms with van der Waals surface area (Å²) in [4.78, 5) is 23.6. The maximum absolute atomic E-state index is 13.2. The molecule has 5 heteroatoms. The van der Waals surface area contributed by atoms with E-state index in [2.05, 4.69) is 34.1 Å². The van der Waals surface area contributed by atoms with Crippen molar-refractivity contribution in [1.82, 2.24) is 14.9 Å². The number of aromatic amines is 1. The molecular formula is C21H25N3O2. The van der Waals surface area contributed by atoms with Crippen molar-refractivity contribution in [3.8, 4) is 11.3 Å². The number of nitrogens with one attached hydrogen (secondary N) is 1. The quantitative estimate of drug-likeness (QED) is 0.904. The molecule has 1 spiro atoms. The van der Waals surface area contributed by atoms with Gasteiger partial charge in [-0.3, -0.25) is 9.69 Å². The molecule has 0 radical (unpaired) electrons. The Morgan fingerprint density at radius 3 is 2.73 bits per heavy atom. The van der Waals surface area contributed by atoms with Crippen molar-refractivity contribution in [2.75, 3.05) is 26.3 Å². The first-order chi connectivity index (χ1) is 12.8. The third-order valence-corrected chi connectivity index (χ3v) is 6.34. The lowest BCUT2D eigenvalue weighted by Crippen LogP contribution is -2.39. The highest BCUT2D eigenvalue weighted by Crippen LogP contribution is 2.49. The second-order valence-electron chi connectivity index (χ2n) is 7.95. The Morgan fingerprint density at radius 1 is 1.15 bits per heavy atom. The molecule has 0 amide bonds. The summed E-state index contributed by atoms with van der Waals surface area (Å²) in [5.74, 6) is 0.778. The number of morpholine rings is 1. The van der Waals surface area contributed by atoms with E-state index >= 15 is 0 Å². The molecule has 0 bridgehead atoms. The monoisotopic (exact) mass is 351 g/mol. The summed E-state index contributed by atoms with van der Waals surface area (Å²) >= 11 is 0. The summed E-state index contributed by atoms with van der Waals surface area (Å²) in [6.45, 7) is 3.96. The number of hydrogen-bond donors (Lipinski definition) is 1. The molecule has 2 aliphatic carbocycles. The Morgan fingerprint density at radius 2 is 1.92 bits per heavy atom. The molecule has 1 aliphatic heterocycles. The van der Waals surface area contributed by atoms with Crippen molar-refractivity contribution < 1.29 is 4.74 Å². The number of aromatic nitrogens is 2. The number of benzene rings is 1. The zero-order valence-corrected chi connectivity index (χ0v) is 15.1. The van der Waals surface area contributed by atoms with Gasteiger partial charge >= 0.3 is 0 Å². The first kappa shape index (κ1) is 16.2. The summed E-state index contributed by atoms with van der Waals surface area (Å²) in [5.41, 5.74) is 4.43. The molecule has 1 N–H and O–H groups in total. The van der Waals surface area contributed by atoms with Gasteiger partial charge < -0.3 is 9.72 Å². The van der Waals surface area contributed by atoms with Crippen molar-refractivity contribution >= 4 is 0 Å². The van der Waals surface area contributed by atoms with E-state index in [1.54, 1.807) is 0 Å². The molecule has 1 aromatic heterocycles. The van der Waals surface area contributed by atoms with Crippen molar-refractivity contribution in [3.05, 3.63) is 51.6 Å². The zero-order chi connectivity index (χ0) is 17.6. The molecule has 5 nitrogen and oxygen atoms in total. The average molecular weight is 351 g/mol. The molecule has 1 saturated heterocycles. The Bertz CT molecular complexity index is 877. The van der Waals surface area contributed by atoms with Gasteiger partial charge in [0.1, 0.15) is 5.82 Å². The SMILES string of the molecule is O=c1[nH]c(CN2CCOCC2)nc2c1C1(CCCC1)Cc1ccccc1-2. The fourth-order valence-electron chi connectivity index (χ4n) is 5.09. The fourth-order valence-corrected chi connectivity index (χ4v) is 5.09. The summed E-state index contributed by atoms with van der Waals surface area (Å²) in [6, 6.07) is 8.50. The van der Waals surface area contributed by atoms with Gasteiger partial charge in [-0.1, -0.05) is 37.1 Å².